The van der Waals surface area contributed by atoms with Crippen LogP contribution in [-0.2, 0) is 6.18 Å². The van der Waals surface area contributed by atoms with Gasteiger partial charge >= 0.3 is 12.2 Å². The van der Waals surface area contributed by atoms with Gasteiger partial charge in [0, 0.05) is 53.9 Å². The molecule has 2 aliphatic heterocycles. The van der Waals surface area contributed by atoms with E-state index in [2.05, 4.69) is 9.97 Å². The molecular formula is C33H30F6N6O2S. The fourth-order valence-corrected chi connectivity index (χ4v) is 9.79. The van der Waals surface area contributed by atoms with Crippen LogP contribution in [0.2, 0.25) is 0 Å². The largest absolute Gasteiger partial charge is 0.461 e. The fraction of sp³-hybridized carbons (Fsp3) is 0.485. The number of benzene rings is 2. The number of fused-ring (bicyclic) bond motifs is 3. The van der Waals surface area contributed by atoms with Gasteiger partial charge in [0.2, 0.25) is 0 Å². The number of aromatic nitrogens is 2. The third-order valence-corrected chi connectivity index (χ3v) is 12.1. The van der Waals surface area contributed by atoms with Crippen molar-refractivity contribution >= 4 is 43.1 Å². The zero-order chi connectivity index (χ0) is 34.0. The number of nitrogen functional groups attached to an aromatic ring is 1. The molecule has 2 unspecified atom stereocenters. The van der Waals surface area contributed by atoms with E-state index in [-0.39, 0.29) is 75.0 Å². The minimum atomic E-state index is -5.09. The second-order valence-corrected chi connectivity index (χ2v) is 15.0. The summed E-state index contributed by atoms with van der Waals surface area (Å²) in [5.41, 5.74) is 1.27. The highest BCUT2D eigenvalue weighted by atomic mass is 32.1. The van der Waals surface area contributed by atoms with Crippen molar-refractivity contribution < 1.29 is 36.2 Å². The van der Waals surface area contributed by atoms with E-state index in [1.165, 1.54) is 0 Å². The lowest BCUT2D eigenvalue weighted by Gasteiger charge is -2.73. The highest BCUT2D eigenvalue weighted by molar-refractivity contribution is 7.23. The first-order valence-corrected chi connectivity index (χ1v) is 16.4. The van der Waals surface area contributed by atoms with Gasteiger partial charge in [-0.3, -0.25) is 4.90 Å². The molecule has 252 valence electrons. The molecule has 9 rings (SSSR count). The predicted molar refractivity (Wildman–Crippen MR) is 167 cm³/mol. The van der Waals surface area contributed by atoms with Crippen LogP contribution < -0.4 is 15.4 Å². The lowest BCUT2D eigenvalue weighted by Crippen LogP contribution is -2.75. The highest BCUT2D eigenvalue weighted by Crippen LogP contribution is 2.70. The molecule has 2 aromatic heterocycles. The van der Waals surface area contributed by atoms with Crippen LogP contribution in [0.4, 0.5) is 37.2 Å². The molecule has 48 heavy (non-hydrogen) atoms. The number of nitrogens with two attached hydrogens (primary N) is 1. The monoisotopic (exact) mass is 688 g/mol. The van der Waals surface area contributed by atoms with Gasteiger partial charge in [-0.1, -0.05) is 6.07 Å². The molecular weight excluding hydrogens is 658 g/mol. The van der Waals surface area contributed by atoms with E-state index >= 15 is 4.39 Å². The van der Waals surface area contributed by atoms with Gasteiger partial charge in [0.05, 0.1) is 21.4 Å². The second-order valence-electron chi connectivity index (χ2n) is 13.9. The van der Waals surface area contributed by atoms with E-state index in [9.17, 15) is 32.3 Å². The molecule has 4 heterocycles. The molecule has 8 nitrogen and oxygen atoms in total. The van der Waals surface area contributed by atoms with Crippen molar-refractivity contribution in [1.29, 1.82) is 5.26 Å². The van der Waals surface area contributed by atoms with Crippen molar-refractivity contribution in [2.24, 2.45) is 5.41 Å². The standard InChI is InChI=1S/C33H30F6N6O2S/c1-44(32-11-30(12-32,13-32)14-46)28-18-7-20(33(37,38)39)23(17-3-4-21(35)26-22(17)19(9-40)27(41)48-26)24(36)25(18)42-29(43-28)47-15-31-5-2-6-45(31)10-16(34)8-31/h3-4,7,16,46H,2,5-6,8,10-15,41H2,1H3. The van der Waals surface area contributed by atoms with Gasteiger partial charge in [0.1, 0.15) is 41.0 Å². The van der Waals surface area contributed by atoms with E-state index in [0.717, 1.165) is 24.6 Å². The average molecular weight is 689 g/mol. The van der Waals surface area contributed by atoms with Crippen molar-refractivity contribution in [1.82, 2.24) is 14.9 Å². The molecule has 0 radical (unpaired) electrons. The predicted octanol–water partition coefficient (Wildman–Crippen LogP) is 6.57. The van der Waals surface area contributed by atoms with Gasteiger partial charge in [-0.2, -0.15) is 28.4 Å². The number of hydrogen-bond donors (Lipinski definition) is 2. The van der Waals surface area contributed by atoms with Crippen LogP contribution in [0.15, 0.2) is 18.2 Å². The van der Waals surface area contributed by atoms with Crippen molar-refractivity contribution in [3.63, 3.8) is 0 Å². The molecule has 2 saturated heterocycles. The van der Waals surface area contributed by atoms with Crippen LogP contribution in [0.3, 0.4) is 0 Å². The third kappa shape index (κ3) is 4.34. The molecule has 0 spiro atoms. The van der Waals surface area contributed by atoms with Crippen LogP contribution >= 0.6 is 11.3 Å². The van der Waals surface area contributed by atoms with E-state index in [4.69, 9.17) is 10.5 Å². The molecule has 2 atom stereocenters. The number of nitriles is 1. The minimum Gasteiger partial charge on any atom is -0.461 e. The normalized spacial score (nSPS) is 27.9. The Morgan fingerprint density at radius 1 is 1.23 bits per heavy atom. The fourth-order valence-electron chi connectivity index (χ4n) is 8.84. The van der Waals surface area contributed by atoms with Gasteiger partial charge in [0.15, 0.2) is 5.82 Å². The van der Waals surface area contributed by atoms with Crippen LogP contribution in [0.1, 0.15) is 49.7 Å². The Morgan fingerprint density at radius 3 is 2.67 bits per heavy atom. The zero-order valence-corrected chi connectivity index (χ0v) is 26.5. The van der Waals surface area contributed by atoms with Crippen molar-refractivity contribution in [3.05, 3.63) is 41.0 Å². The molecule has 3 aliphatic carbocycles. The summed E-state index contributed by atoms with van der Waals surface area (Å²) in [6, 6.07) is 4.26. The van der Waals surface area contributed by atoms with Crippen LogP contribution in [0, 0.1) is 28.4 Å². The van der Waals surface area contributed by atoms with E-state index in [1.54, 1.807) is 11.9 Å². The van der Waals surface area contributed by atoms with Crippen molar-refractivity contribution in [2.45, 2.75) is 62.0 Å². The van der Waals surface area contributed by atoms with Crippen molar-refractivity contribution in [2.75, 3.05) is 44.0 Å². The summed E-state index contributed by atoms with van der Waals surface area (Å²) in [5.74, 6) is -2.14. The van der Waals surface area contributed by atoms with Crippen LogP contribution in [0.25, 0.3) is 32.1 Å². The van der Waals surface area contributed by atoms with Gasteiger partial charge in [-0.15, -0.1) is 11.3 Å². The molecule has 15 heteroatoms. The maximum Gasteiger partial charge on any atom is 0.417 e. The van der Waals surface area contributed by atoms with Gasteiger partial charge < -0.3 is 20.5 Å². The summed E-state index contributed by atoms with van der Waals surface area (Å²) in [6.45, 7) is 0.963. The Bertz CT molecular complexity index is 2040. The van der Waals surface area contributed by atoms with Crippen LogP contribution in [0.5, 0.6) is 6.01 Å². The summed E-state index contributed by atoms with van der Waals surface area (Å²) >= 11 is 0.690. The van der Waals surface area contributed by atoms with Gasteiger partial charge in [0.25, 0.3) is 0 Å². The lowest BCUT2D eigenvalue weighted by molar-refractivity contribution is -0.160. The quantitative estimate of drug-likeness (QED) is 0.210. The zero-order valence-electron chi connectivity index (χ0n) is 25.7. The number of thiophene rings is 1. The molecule has 3 saturated carbocycles. The van der Waals surface area contributed by atoms with Gasteiger partial charge in [-0.25, -0.2) is 13.2 Å². The van der Waals surface area contributed by atoms with E-state index in [1.807, 2.05) is 11.0 Å². The first-order valence-electron chi connectivity index (χ1n) is 15.6. The van der Waals surface area contributed by atoms with Crippen LogP contribution in [-0.4, -0.2) is 70.6 Å². The number of alkyl halides is 4. The van der Waals surface area contributed by atoms with Crippen molar-refractivity contribution in [3.8, 4) is 23.2 Å². The Balaban J connectivity index is 1.34. The molecule has 0 amide bonds. The Labute approximate surface area is 274 Å². The molecule has 5 aliphatic rings. The third-order valence-electron chi connectivity index (χ3n) is 11.1. The van der Waals surface area contributed by atoms with E-state index < -0.39 is 51.7 Å². The maximum absolute atomic E-state index is 17.0. The Hall–Kier alpha value is -3.87. The summed E-state index contributed by atoms with van der Waals surface area (Å²) < 4.78 is 97.0. The minimum absolute atomic E-state index is 0.00819. The molecule has 5 fully saturated rings. The number of aliphatic hydroxyl groups is 1. The lowest BCUT2D eigenvalue weighted by atomic mass is 9.39. The first-order chi connectivity index (χ1) is 22.7. The molecule has 4 aromatic rings. The SMILES string of the molecule is CN(c1nc(OCC23CCCN2CC(F)C3)nc2c(F)c(-c3ccc(F)c4sc(N)c(C#N)c34)c(C(F)(F)F)cc12)C12CC(CO)(C1)C2. The first kappa shape index (κ1) is 31.4. The number of ether oxygens (including phenoxy) is 1. The average Bonchev–Trinajstić information content (AvgIpc) is 3.64. The Morgan fingerprint density at radius 2 is 1.98 bits per heavy atom. The summed E-state index contributed by atoms with van der Waals surface area (Å²) in [4.78, 5) is 12.6. The molecule has 3 N–H and O–H groups in total. The number of anilines is 2. The highest BCUT2D eigenvalue weighted by Gasteiger charge is 2.69. The number of halogens is 6. The maximum atomic E-state index is 17.0. The number of nitrogens with zero attached hydrogens (tertiary/aromatic N) is 5. The number of aliphatic hydroxyl groups excluding tert-OH is 1. The molecule has 2 bridgehead atoms. The summed E-state index contributed by atoms with van der Waals surface area (Å²) in [7, 11) is 1.67. The number of hydrogen-bond acceptors (Lipinski definition) is 9. The molecule has 2 aromatic carbocycles. The van der Waals surface area contributed by atoms with E-state index in [0.29, 0.717) is 43.6 Å². The topological polar surface area (TPSA) is 112 Å². The Kier molecular flexibility index (Phi) is 6.75. The smallest absolute Gasteiger partial charge is 0.417 e. The second kappa shape index (κ2) is 10.3. The van der Waals surface area contributed by atoms with Gasteiger partial charge in [-0.05, 0) is 56.3 Å². The number of rotatable bonds is 7. The summed E-state index contributed by atoms with van der Waals surface area (Å²) in [6.07, 6.45) is -2.59. The summed E-state index contributed by atoms with van der Waals surface area (Å²) in [5, 5.41) is 19.1.